The van der Waals surface area contributed by atoms with Gasteiger partial charge in [-0.1, -0.05) is 50.6 Å². The van der Waals surface area contributed by atoms with E-state index >= 15 is 0 Å². The van der Waals surface area contributed by atoms with Gasteiger partial charge in [-0.25, -0.2) is 0 Å². The van der Waals surface area contributed by atoms with E-state index in [0.29, 0.717) is 24.5 Å². The highest BCUT2D eigenvalue weighted by atomic mass is 16.2. The molecule has 0 spiro atoms. The van der Waals surface area contributed by atoms with Crippen LogP contribution in [0.5, 0.6) is 0 Å². The highest BCUT2D eigenvalue weighted by Crippen LogP contribution is 2.34. The topological polar surface area (TPSA) is 101 Å². The molecule has 2 fully saturated rings. The average molecular weight is 512 g/mol. The number of aromatic amines is 2. The summed E-state index contributed by atoms with van der Waals surface area (Å²) in [5.41, 5.74) is 3.49. The second-order valence-corrected chi connectivity index (χ2v) is 11.8. The number of H-pyrrole nitrogens is 2. The lowest BCUT2D eigenvalue weighted by molar-refractivity contribution is -0.138. The number of carbonyl (C=O) groups is 3. The van der Waals surface area contributed by atoms with Crippen molar-refractivity contribution in [3.05, 3.63) is 71.5 Å². The first-order valence-corrected chi connectivity index (χ1v) is 13.2. The van der Waals surface area contributed by atoms with Crippen LogP contribution < -0.4 is 5.32 Å². The lowest BCUT2D eigenvalue weighted by Gasteiger charge is -2.39. The molecule has 196 valence electrons. The third-order valence-electron chi connectivity index (χ3n) is 7.95. The van der Waals surface area contributed by atoms with Crippen molar-refractivity contribution in [1.29, 1.82) is 0 Å². The van der Waals surface area contributed by atoms with Crippen LogP contribution in [0.4, 0.5) is 0 Å². The molecule has 2 aliphatic rings. The van der Waals surface area contributed by atoms with Crippen molar-refractivity contribution in [2.24, 2.45) is 5.41 Å². The molecule has 0 unspecified atom stereocenters. The zero-order chi connectivity index (χ0) is 26.8. The Morgan fingerprint density at radius 3 is 2.24 bits per heavy atom. The van der Waals surface area contributed by atoms with Gasteiger partial charge in [0.05, 0.1) is 12.1 Å². The Balaban J connectivity index is 1.16. The Bertz CT molecular complexity index is 1540. The third kappa shape index (κ3) is 4.14. The molecular weight excluding hydrogens is 478 g/mol. The number of fused-ring (bicyclic) bond motifs is 4. The van der Waals surface area contributed by atoms with E-state index in [1.165, 1.54) is 0 Å². The summed E-state index contributed by atoms with van der Waals surface area (Å²) in [4.78, 5) is 50.5. The van der Waals surface area contributed by atoms with E-state index in [1.54, 1.807) is 0 Å². The van der Waals surface area contributed by atoms with Gasteiger partial charge in [0.2, 0.25) is 5.91 Å². The molecule has 4 heterocycles. The molecule has 2 bridgehead atoms. The Labute approximate surface area is 221 Å². The monoisotopic (exact) mass is 511 g/mol. The molecular formula is C30H33N5O3. The summed E-state index contributed by atoms with van der Waals surface area (Å²) in [5, 5.41) is 4.97. The molecule has 2 saturated heterocycles. The van der Waals surface area contributed by atoms with E-state index in [4.69, 9.17) is 0 Å². The molecule has 38 heavy (non-hydrogen) atoms. The minimum Gasteiger partial charge on any atom is -0.351 e. The van der Waals surface area contributed by atoms with Crippen molar-refractivity contribution in [2.45, 2.75) is 52.2 Å². The maximum absolute atomic E-state index is 13.8. The summed E-state index contributed by atoms with van der Waals surface area (Å²) < 4.78 is 0. The van der Waals surface area contributed by atoms with Crippen LogP contribution in [0.2, 0.25) is 0 Å². The molecule has 3 N–H and O–H groups in total. The Kier molecular flexibility index (Phi) is 5.59. The van der Waals surface area contributed by atoms with Crippen LogP contribution in [0.15, 0.2) is 54.6 Å². The summed E-state index contributed by atoms with van der Waals surface area (Å²) in [7, 11) is 0. The van der Waals surface area contributed by atoms with Crippen LogP contribution in [0.25, 0.3) is 21.8 Å². The van der Waals surface area contributed by atoms with E-state index in [2.05, 4.69) is 21.4 Å². The number of nitrogens with zero attached hydrogens (tertiary/aromatic N) is 2. The largest absolute Gasteiger partial charge is 0.351 e. The quantitative estimate of drug-likeness (QED) is 0.382. The second kappa shape index (κ2) is 8.75. The lowest BCUT2D eigenvalue weighted by atomic mass is 9.85. The van der Waals surface area contributed by atoms with Gasteiger partial charge < -0.3 is 25.1 Å². The van der Waals surface area contributed by atoms with Crippen LogP contribution in [0, 0.1) is 12.3 Å². The number of nitrogens with one attached hydrogen (secondary N) is 3. The minimum absolute atomic E-state index is 0.0297. The molecule has 8 nitrogen and oxygen atoms in total. The summed E-state index contributed by atoms with van der Waals surface area (Å²) in [5.74, 6) is -0.426. The summed E-state index contributed by atoms with van der Waals surface area (Å²) in [6.07, 6.45) is 0.754. The van der Waals surface area contributed by atoms with E-state index in [9.17, 15) is 14.4 Å². The number of carbonyl (C=O) groups excluding carboxylic acids is 3. The smallest absolute Gasteiger partial charge is 0.270 e. The maximum Gasteiger partial charge on any atom is 0.270 e. The van der Waals surface area contributed by atoms with Gasteiger partial charge in [0, 0.05) is 34.9 Å². The van der Waals surface area contributed by atoms with Crippen LogP contribution in [-0.2, 0) is 4.79 Å². The van der Waals surface area contributed by atoms with E-state index in [-0.39, 0.29) is 29.8 Å². The molecule has 0 aliphatic carbocycles. The number of hydrogen-bond donors (Lipinski definition) is 3. The van der Waals surface area contributed by atoms with Crippen LogP contribution in [0.1, 0.15) is 53.7 Å². The Hall–Kier alpha value is -4.07. The van der Waals surface area contributed by atoms with E-state index in [0.717, 1.165) is 33.8 Å². The number of para-hydroxylation sites is 1. The number of aryl methyl sites for hydroxylation is 1. The fourth-order valence-electron chi connectivity index (χ4n) is 5.93. The standard InChI is InChI=1S/C30H33N5O3/c1-17-9-10-23-19(11-17)13-25(32-23)28(37)34-15-21-14-20(34)16-35(21)29(38)26(30(2,3)4)33-27(36)24-12-18-7-5-6-8-22(18)31-24/h5-13,20-21,26,31-32H,14-16H2,1-4H3,(H,33,36)/t20-,21-,26+/m0/s1. The number of aromatic nitrogens is 2. The van der Waals surface area contributed by atoms with Gasteiger partial charge in [-0.15, -0.1) is 0 Å². The zero-order valence-corrected chi connectivity index (χ0v) is 22.2. The Morgan fingerprint density at radius 2 is 1.53 bits per heavy atom. The third-order valence-corrected chi connectivity index (χ3v) is 7.95. The molecule has 0 radical (unpaired) electrons. The minimum atomic E-state index is -0.693. The molecule has 2 aliphatic heterocycles. The highest BCUT2D eigenvalue weighted by molar-refractivity contribution is 6.01. The number of rotatable bonds is 4. The zero-order valence-electron chi connectivity index (χ0n) is 22.2. The van der Waals surface area contributed by atoms with Crippen molar-refractivity contribution in [1.82, 2.24) is 25.1 Å². The molecule has 0 saturated carbocycles. The van der Waals surface area contributed by atoms with Gasteiger partial charge in [-0.2, -0.15) is 0 Å². The maximum atomic E-state index is 13.8. The highest BCUT2D eigenvalue weighted by Gasteiger charge is 2.50. The number of amides is 3. The van der Waals surface area contributed by atoms with Gasteiger partial charge >= 0.3 is 0 Å². The van der Waals surface area contributed by atoms with Crippen molar-refractivity contribution in [3.8, 4) is 0 Å². The molecule has 2 aromatic carbocycles. The average Bonchev–Trinajstić information content (AvgIpc) is 3.66. The van der Waals surface area contributed by atoms with Crippen molar-refractivity contribution in [2.75, 3.05) is 13.1 Å². The van der Waals surface area contributed by atoms with Crippen LogP contribution in [-0.4, -0.2) is 68.7 Å². The fraction of sp³-hybridized carbons (Fsp3) is 0.367. The first-order chi connectivity index (χ1) is 18.1. The SMILES string of the molecule is Cc1ccc2[nH]c(C(=O)N3C[C@@H]4C[C@H]3CN4C(=O)[C@@H](NC(=O)c3cc4ccccc4[nH]3)C(C)(C)C)cc2c1. The Morgan fingerprint density at radius 1 is 0.868 bits per heavy atom. The number of benzene rings is 2. The first-order valence-electron chi connectivity index (χ1n) is 13.2. The number of piperazine rings is 1. The predicted molar refractivity (Wildman–Crippen MR) is 147 cm³/mol. The molecule has 4 aromatic rings. The van der Waals surface area contributed by atoms with Gasteiger partial charge in [0.15, 0.2) is 0 Å². The van der Waals surface area contributed by atoms with Crippen LogP contribution in [0.3, 0.4) is 0 Å². The summed E-state index contributed by atoms with van der Waals surface area (Å²) in [6, 6.07) is 16.7. The number of likely N-dealkylation sites (tertiary alicyclic amines) is 2. The first kappa shape index (κ1) is 24.3. The fourth-order valence-corrected chi connectivity index (χ4v) is 5.93. The molecule has 8 heteroatoms. The molecule has 3 atom stereocenters. The summed E-state index contributed by atoms with van der Waals surface area (Å²) >= 11 is 0. The molecule has 2 aromatic heterocycles. The van der Waals surface area contributed by atoms with Crippen LogP contribution >= 0.6 is 0 Å². The lowest BCUT2D eigenvalue weighted by Crippen LogP contribution is -2.59. The van der Waals surface area contributed by atoms with Gasteiger partial charge in [0.25, 0.3) is 11.8 Å². The van der Waals surface area contributed by atoms with E-state index < -0.39 is 11.5 Å². The van der Waals surface area contributed by atoms with Gasteiger partial charge in [-0.3, -0.25) is 14.4 Å². The normalized spacial score (nSPS) is 19.9. The molecule has 6 rings (SSSR count). The van der Waals surface area contributed by atoms with Crippen molar-refractivity contribution < 1.29 is 14.4 Å². The summed E-state index contributed by atoms with van der Waals surface area (Å²) in [6.45, 7) is 8.89. The van der Waals surface area contributed by atoms with Crippen molar-refractivity contribution >= 4 is 39.5 Å². The number of hydrogen-bond acceptors (Lipinski definition) is 3. The van der Waals surface area contributed by atoms with Gasteiger partial charge in [-0.05, 0) is 49.1 Å². The predicted octanol–water partition coefficient (Wildman–Crippen LogP) is 4.23. The second-order valence-electron chi connectivity index (χ2n) is 11.8. The van der Waals surface area contributed by atoms with Gasteiger partial charge in [0.1, 0.15) is 17.4 Å². The van der Waals surface area contributed by atoms with Crippen molar-refractivity contribution in [3.63, 3.8) is 0 Å². The molecule has 3 amide bonds. The van der Waals surface area contributed by atoms with E-state index in [1.807, 2.05) is 86.0 Å².